The zero-order valence-corrected chi connectivity index (χ0v) is 30.9. The summed E-state index contributed by atoms with van der Waals surface area (Å²) in [6.45, 7) is 6.89. The number of hydrogen-bond acceptors (Lipinski definition) is 2. The minimum atomic E-state index is 0.661. The van der Waals surface area contributed by atoms with E-state index in [2.05, 4.69) is 66.7 Å². The van der Waals surface area contributed by atoms with Gasteiger partial charge in [-0.25, -0.2) is 0 Å². The highest BCUT2D eigenvalue weighted by atomic mass is 16.1. The number of nitrogens with zero attached hydrogens (tertiary/aromatic N) is 1. The van der Waals surface area contributed by atoms with Crippen LogP contribution in [0, 0.1) is 23.7 Å². The van der Waals surface area contributed by atoms with Crippen LogP contribution < -0.4 is 4.90 Å². The van der Waals surface area contributed by atoms with Crippen LogP contribution in [0.3, 0.4) is 0 Å². The zero-order chi connectivity index (χ0) is 34.6. The van der Waals surface area contributed by atoms with E-state index in [4.69, 9.17) is 0 Å². The highest BCUT2D eigenvalue weighted by Gasteiger charge is 2.07. The van der Waals surface area contributed by atoms with Gasteiger partial charge in [-0.1, -0.05) is 165 Å². The first-order valence-electron chi connectivity index (χ1n) is 19.8. The van der Waals surface area contributed by atoms with Crippen molar-refractivity contribution in [2.24, 2.45) is 0 Å². The third kappa shape index (κ3) is 18.0. The van der Waals surface area contributed by atoms with Crippen molar-refractivity contribution >= 4 is 12.0 Å². The second-order valence-electron chi connectivity index (χ2n) is 13.7. The van der Waals surface area contributed by atoms with E-state index in [1.807, 2.05) is 36.4 Å². The molecule has 0 spiro atoms. The molecular formula is C47H63NO. The Kier molecular flexibility index (Phi) is 21.2. The molecule has 3 aromatic carbocycles. The van der Waals surface area contributed by atoms with Gasteiger partial charge in [0.15, 0.2) is 0 Å². The smallest absolute Gasteiger partial charge is 0.150 e. The molecule has 2 heteroatoms. The minimum absolute atomic E-state index is 0.661. The number of carbonyl (C=O) groups excluding carboxylic acids is 1. The Hall–Kier alpha value is -3.75. The van der Waals surface area contributed by atoms with Crippen LogP contribution in [-0.2, 0) is 0 Å². The Morgan fingerprint density at radius 1 is 0.408 bits per heavy atom. The summed E-state index contributed by atoms with van der Waals surface area (Å²) >= 11 is 0. The van der Waals surface area contributed by atoms with E-state index in [0.29, 0.717) is 5.56 Å². The van der Waals surface area contributed by atoms with Crippen LogP contribution >= 0.6 is 0 Å². The molecule has 0 aliphatic rings. The average Bonchev–Trinajstić information content (AvgIpc) is 3.14. The molecule has 0 amide bonds. The van der Waals surface area contributed by atoms with Gasteiger partial charge >= 0.3 is 0 Å². The number of rotatable bonds is 24. The molecular weight excluding hydrogens is 595 g/mol. The quantitative estimate of drug-likeness (QED) is 0.0543. The van der Waals surface area contributed by atoms with Gasteiger partial charge in [0.25, 0.3) is 0 Å². The Balaban J connectivity index is 1.48. The fourth-order valence-electron chi connectivity index (χ4n) is 6.28. The second-order valence-corrected chi connectivity index (χ2v) is 13.7. The SMILES string of the molecule is CCCCCCCCCCCCN(CCCCCCCCCCCC)c1ccc(C#Cc2ccc(C#Cc3ccc(C=O)cc3)cc2)cc1. The van der Waals surface area contributed by atoms with Crippen molar-refractivity contribution in [3.05, 3.63) is 101 Å². The second kappa shape index (κ2) is 26.2. The van der Waals surface area contributed by atoms with Crippen LogP contribution in [0.15, 0.2) is 72.8 Å². The van der Waals surface area contributed by atoms with Gasteiger partial charge in [0.2, 0.25) is 0 Å². The lowest BCUT2D eigenvalue weighted by atomic mass is 10.1. The number of carbonyl (C=O) groups is 1. The van der Waals surface area contributed by atoms with Crippen LogP contribution in [0.1, 0.15) is 175 Å². The summed E-state index contributed by atoms with van der Waals surface area (Å²) in [5, 5.41) is 0. The molecule has 0 aromatic heterocycles. The fourth-order valence-corrected chi connectivity index (χ4v) is 6.28. The average molecular weight is 658 g/mol. The summed E-state index contributed by atoms with van der Waals surface area (Å²) in [6, 6.07) is 24.3. The first-order valence-corrected chi connectivity index (χ1v) is 19.8. The molecule has 0 atom stereocenters. The standard InChI is InChI=1S/C47H63NO/c1-3-5-7-9-11-13-15-17-19-21-39-48(40-22-20-18-16-14-12-10-8-6-4-2)47-37-35-45(36-38-47)30-29-43-25-23-42(24-26-43)27-28-44-31-33-46(41-49)34-32-44/h23-26,31-38,41H,3-22,39-40H2,1-2H3. The molecule has 262 valence electrons. The number of aldehydes is 1. The Labute approximate surface area is 300 Å². The molecule has 0 radical (unpaired) electrons. The molecule has 0 saturated heterocycles. The van der Waals surface area contributed by atoms with Gasteiger partial charge in [0.05, 0.1) is 0 Å². The van der Waals surface area contributed by atoms with Gasteiger partial charge in [-0.05, 0) is 73.5 Å². The number of unbranched alkanes of at least 4 members (excludes halogenated alkanes) is 18. The number of hydrogen-bond donors (Lipinski definition) is 0. The Bertz CT molecular complexity index is 1370. The molecule has 2 nitrogen and oxygen atoms in total. The van der Waals surface area contributed by atoms with Crippen molar-refractivity contribution in [2.75, 3.05) is 18.0 Å². The maximum Gasteiger partial charge on any atom is 0.150 e. The molecule has 3 rings (SSSR count). The predicted molar refractivity (Wildman–Crippen MR) is 213 cm³/mol. The monoisotopic (exact) mass is 657 g/mol. The molecule has 0 aliphatic carbocycles. The lowest BCUT2D eigenvalue weighted by Crippen LogP contribution is -2.25. The van der Waals surface area contributed by atoms with E-state index in [9.17, 15) is 4.79 Å². The number of benzene rings is 3. The largest absolute Gasteiger partial charge is 0.372 e. The lowest BCUT2D eigenvalue weighted by Gasteiger charge is -2.25. The van der Waals surface area contributed by atoms with Crippen molar-refractivity contribution < 1.29 is 4.79 Å². The molecule has 0 heterocycles. The normalized spacial score (nSPS) is 10.6. The van der Waals surface area contributed by atoms with Gasteiger partial charge in [0.1, 0.15) is 6.29 Å². The summed E-state index contributed by atoms with van der Waals surface area (Å²) < 4.78 is 0. The molecule has 0 unspecified atom stereocenters. The predicted octanol–water partition coefficient (Wildman–Crippen LogP) is 12.9. The van der Waals surface area contributed by atoms with Crippen molar-refractivity contribution in [2.45, 2.75) is 142 Å². The molecule has 0 N–H and O–H groups in total. The van der Waals surface area contributed by atoms with Gasteiger partial charge in [-0.3, -0.25) is 4.79 Å². The lowest BCUT2D eigenvalue weighted by molar-refractivity contribution is 0.112. The molecule has 49 heavy (non-hydrogen) atoms. The van der Waals surface area contributed by atoms with Gasteiger partial charge < -0.3 is 4.90 Å². The summed E-state index contributed by atoms with van der Waals surface area (Å²) in [5.74, 6) is 13.0. The zero-order valence-electron chi connectivity index (χ0n) is 30.9. The molecule has 0 bridgehead atoms. The molecule has 0 saturated carbocycles. The third-order valence-corrected chi connectivity index (χ3v) is 9.43. The fraction of sp³-hybridized carbons (Fsp3) is 0.511. The van der Waals surface area contributed by atoms with Crippen molar-refractivity contribution in [1.82, 2.24) is 0 Å². The maximum absolute atomic E-state index is 10.9. The van der Waals surface area contributed by atoms with E-state index in [-0.39, 0.29) is 0 Å². The van der Waals surface area contributed by atoms with Crippen LogP contribution in [0.4, 0.5) is 5.69 Å². The Morgan fingerprint density at radius 3 is 1.02 bits per heavy atom. The van der Waals surface area contributed by atoms with Gasteiger partial charge in [-0.15, -0.1) is 0 Å². The first-order chi connectivity index (χ1) is 24.2. The summed E-state index contributed by atoms with van der Waals surface area (Å²) in [4.78, 5) is 13.5. The van der Waals surface area contributed by atoms with E-state index >= 15 is 0 Å². The molecule has 0 aliphatic heterocycles. The van der Waals surface area contributed by atoms with Crippen LogP contribution in [0.5, 0.6) is 0 Å². The van der Waals surface area contributed by atoms with E-state index in [1.54, 1.807) is 12.1 Å². The topological polar surface area (TPSA) is 20.3 Å². The van der Waals surface area contributed by atoms with E-state index in [1.165, 1.54) is 134 Å². The first kappa shape index (κ1) is 39.7. The van der Waals surface area contributed by atoms with Crippen LogP contribution in [0.2, 0.25) is 0 Å². The highest BCUT2D eigenvalue weighted by molar-refractivity contribution is 5.74. The summed E-state index contributed by atoms with van der Waals surface area (Å²) in [7, 11) is 0. The third-order valence-electron chi connectivity index (χ3n) is 9.43. The van der Waals surface area contributed by atoms with Crippen LogP contribution in [0.25, 0.3) is 0 Å². The van der Waals surface area contributed by atoms with Crippen molar-refractivity contribution in [3.8, 4) is 23.7 Å². The highest BCUT2D eigenvalue weighted by Crippen LogP contribution is 2.19. The van der Waals surface area contributed by atoms with Crippen molar-refractivity contribution in [3.63, 3.8) is 0 Å². The van der Waals surface area contributed by atoms with Gasteiger partial charge in [0, 0.05) is 46.6 Å². The minimum Gasteiger partial charge on any atom is -0.372 e. The van der Waals surface area contributed by atoms with E-state index < -0.39 is 0 Å². The van der Waals surface area contributed by atoms with E-state index in [0.717, 1.165) is 41.6 Å². The maximum atomic E-state index is 10.9. The summed E-state index contributed by atoms with van der Waals surface area (Å²) in [5.41, 5.74) is 5.86. The van der Waals surface area contributed by atoms with Crippen molar-refractivity contribution in [1.29, 1.82) is 0 Å². The summed E-state index contributed by atoms with van der Waals surface area (Å²) in [6.07, 6.45) is 28.4. The van der Waals surface area contributed by atoms with Crippen LogP contribution in [-0.4, -0.2) is 19.4 Å². The number of anilines is 1. The Morgan fingerprint density at radius 2 is 0.694 bits per heavy atom. The molecule has 3 aromatic rings. The molecule has 0 fully saturated rings. The van der Waals surface area contributed by atoms with Gasteiger partial charge in [-0.2, -0.15) is 0 Å².